The Bertz CT molecular complexity index is 731. The molecule has 7 heteroatoms. The number of likely N-dealkylation sites (tertiary alicyclic amines) is 1. The maximum atomic E-state index is 12.7. The molecule has 1 saturated heterocycles. The minimum Gasteiger partial charge on any atom is -0.349 e. The maximum absolute atomic E-state index is 12.7. The summed E-state index contributed by atoms with van der Waals surface area (Å²) < 4.78 is 28.1. The Morgan fingerprint density at radius 2 is 2.00 bits per heavy atom. The van der Waals surface area contributed by atoms with Gasteiger partial charge in [0, 0.05) is 24.2 Å². The number of amides is 1. The minimum absolute atomic E-state index is 0.151. The van der Waals surface area contributed by atoms with Crippen LogP contribution in [0.4, 0.5) is 0 Å². The van der Waals surface area contributed by atoms with Crippen LogP contribution in [0.3, 0.4) is 0 Å². The minimum atomic E-state index is -3.62. The van der Waals surface area contributed by atoms with Crippen molar-refractivity contribution in [2.45, 2.75) is 62.4 Å². The normalized spacial score (nSPS) is 22.0. The Labute approximate surface area is 156 Å². The Hall–Kier alpha value is -1.44. The molecule has 0 unspecified atom stereocenters. The fourth-order valence-electron chi connectivity index (χ4n) is 3.62. The number of piperidine rings is 1. The second kappa shape index (κ2) is 8.50. The average Bonchev–Trinajstić information content (AvgIpc) is 2.63. The van der Waals surface area contributed by atoms with Gasteiger partial charge in [0.15, 0.2) is 0 Å². The van der Waals surface area contributed by atoms with Crippen LogP contribution in [-0.4, -0.2) is 50.9 Å². The number of sulfonamides is 1. The van der Waals surface area contributed by atoms with E-state index in [1.54, 1.807) is 18.2 Å². The van der Waals surface area contributed by atoms with E-state index in [2.05, 4.69) is 21.9 Å². The largest absolute Gasteiger partial charge is 0.349 e. The summed E-state index contributed by atoms with van der Waals surface area (Å²) in [4.78, 5) is 14.8. The third-order valence-electron chi connectivity index (χ3n) is 5.51. The summed E-state index contributed by atoms with van der Waals surface area (Å²) in [5.41, 5.74) is 0.396. The molecule has 2 fully saturated rings. The van der Waals surface area contributed by atoms with Crippen LogP contribution >= 0.6 is 0 Å². The fraction of sp³-hybridized carbons (Fsp3) is 0.632. The topological polar surface area (TPSA) is 78.5 Å². The molecule has 1 aliphatic heterocycles. The molecule has 2 N–H and O–H groups in total. The molecule has 2 aliphatic rings. The van der Waals surface area contributed by atoms with Crippen molar-refractivity contribution < 1.29 is 13.2 Å². The summed E-state index contributed by atoms with van der Waals surface area (Å²) in [6.07, 6.45) is 6.47. The summed E-state index contributed by atoms with van der Waals surface area (Å²) in [5, 5.41) is 2.95. The second-order valence-electron chi connectivity index (χ2n) is 7.26. The molecule has 1 atom stereocenters. The third kappa shape index (κ3) is 4.64. The fourth-order valence-corrected chi connectivity index (χ4v) is 4.74. The molecule has 1 aromatic carbocycles. The molecule has 1 aliphatic carbocycles. The first kappa shape index (κ1) is 19.3. The highest BCUT2D eigenvalue weighted by atomic mass is 32.2. The van der Waals surface area contributed by atoms with Crippen molar-refractivity contribution in [3.8, 4) is 0 Å². The number of nitrogens with one attached hydrogen (secondary N) is 2. The smallest absolute Gasteiger partial charge is 0.251 e. The van der Waals surface area contributed by atoms with Crippen molar-refractivity contribution in [3.63, 3.8) is 0 Å². The van der Waals surface area contributed by atoms with Gasteiger partial charge in [-0.15, -0.1) is 0 Å². The highest BCUT2D eigenvalue weighted by Gasteiger charge is 2.24. The molecule has 144 valence electrons. The van der Waals surface area contributed by atoms with E-state index in [0.29, 0.717) is 12.1 Å². The van der Waals surface area contributed by atoms with Crippen molar-refractivity contribution in [2.75, 3.05) is 19.6 Å². The molecule has 1 saturated carbocycles. The zero-order valence-electron chi connectivity index (χ0n) is 15.4. The Morgan fingerprint density at radius 1 is 1.19 bits per heavy atom. The standard InChI is InChI=1S/C19H29N3O3S/c1-2-22-12-4-3-10-17(22)14-20-26(24,25)18-11-5-7-15(13-18)19(23)21-16-8-6-9-16/h5,7,11,13,16-17,20H,2-4,6,8-10,12,14H2,1H3,(H,21,23)/t17-/m1/s1. The lowest BCUT2D eigenvalue weighted by Gasteiger charge is -2.34. The lowest BCUT2D eigenvalue weighted by Crippen LogP contribution is -2.46. The van der Waals surface area contributed by atoms with Gasteiger partial charge in [-0.1, -0.05) is 19.4 Å². The van der Waals surface area contributed by atoms with Crippen LogP contribution in [0.15, 0.2) is 29.2 Å². The summed E-state index contributed by atoms with van der Waals surface area (Å²) in [5.74, 6) is -0.198. The number of rotatable bonds is 7. The van der Waals surface area contributed by atoms with E-state index in [1.165, 1.54) is 12.5 Å². The van der Waals surface area contributed by atoms with E-state index in [4.69, 9.17) is 0 Å². The van der Waals surface area contributed by atoms with Crippen LogP contribution in [0.25, 0.3) is 0 Å². The number of likely N-dealkylation sites (N-methyl/N-ethyl adjacent to an activating group) is 1. The van der Waals surface area contributed by atoms with Gasteiger partial charge in [0.2, 0.25) is 10.0 Å². The van der Waals surface area contributed by atoms with E-state index in [0.717, 1.165) is 45.2 Å². The predicted molar refractivity (Wildman–Crippen MR) is 102 cm³/mol. The highest BCUT2D eigenvalue weighted by Crippen LogP contribution is 2.20. The third-order valence-corrected chi connectivity index (χ3v) is 6.93. The molecule has 26 heavy (non-hydrogen) atoms. The quantitative estimate of drug-likeness (QED) is 0.761. The molecule has 6 nitrogen and oxygen atoms in total. The SMILES string of the molecule is CCN1CCCC[C@@H]1CNS(=O)(=O)c1cccc(C(=O)NC2CCC2)c1. The summed E-state index contributed by atoms with van der Waals surface area (Å²) in [6, 6.07) is 6.77. The van der Waals surface area contributed by atoms with Crippen molar-refractivity contribution in [1.29, 1.82) is 0 Å². The van der Waals surface area contributed by atoms with E-state index in [1.807, 2.05) is 0 Å². The van der Waals surface area contributed by atoms with Crippen LogP contribution in [0.2, 0.25) is 0 Å². The number of hydrogen-bond donors (Lipinski definition) is 2. The number of benzene rings is 1. The predicted octanol–water partition coefficient (Wildman–Crippen LogP) is 2.12. The van der Waals surface area contributed by atoms with Gasteiger partial charge in [-0.05, 0) is 63.4 Å². The van der Waals surface area contributed by atoms with Crippen molar-refractivity contribution >= 4 is 15.9 Å². The van der Waals surface area contributed by atoms with Crippen LogP contribution < -0.4 is 10.0 Å². The van der Waals surface area contributed by atoms with Gasteiger partial charge < -0.3 is 5.32 Å². The Kier molecular flexibility index (Phi) is 6.32. The first-order valence-corrected chi connectivity index (χ1v) is 11.1. The van der Waals surface area contributed by atoms with Crippen LogP contribution in [-0.2, 0) is 10.0 Å². The van der Waals surface area contributed by atoms with Gasteiger partial charge in [-0.2, -0.15) is 0 Å². The Morgan fingerprint density at radius 3 is 2.69 bits per heavy atom. The molecule has 1 heterocycles. The second-order valence-corrected chi connectivity index (χ2v) is 9.03. The van der Waals surface area contributed by atoms with Crippen molar-refractivity contribution in [2.24, 2.45) is 0 Å². The first-order valence-electron chi connectivity index (χ1n) is 9.64. The molecular formula is C19H29N3O3S. The highest BCUT2D eigenvalue weighted by molar-refractivity contribution is 7.89. The lowest BCUT2D eigenvalue weighted by molar-refractivity contribution is 0.0916. The zero-order valence-corrected chi connectivity index (χ0v) is 16.2. The molecule has 0 spiro atoms. The Balaban J connectivity index is 1.64. The van der Waals surface area contributed by atoms with E-state index >= 15 is 0 Å². The molecule has 1 amide bonds. The van der Waals surface area contributed by atoms with Gasteiger partial charge in [-0.25, -0.2) is 13.1 Å². The van der Waals surface area contributed by atoms with E-state index in [-0.39, 0.29) is 22.9 Å². The summed E-state index contributed by atoms with van der Waals surface area (Å²) in [6.45, 7) is 4.48. The van der Waals surface area contributed by atoms with Crippen LogP contribution in [0.5, 0.6) is 0 Å². The van der Waals surface area contributed by atoms with Crippen LogP contribution in [0, 0.1) is 0 Å². The van der Waals surface area contributed by atoms with Gasteiger partial charge >= 0.3 is 0 Å². The van der Waals surface area contributed by atoms with E-state index in [9.17, 15) is 13.2 Å². The average molecular weight is 380 g/mol. The maximum Gasteiger partial charge on any atom is 0.251 e. The van der Waals surface area contributed by atoms with Gasteiger partial charge in [0.05, 0.1) is 4.90 Å². The molecule has 0 radical (unpaired) electrons. The molecule has 0 aromatic heterocycles. The molecule has 1 aromatic rings. The van der Waals surface area contributed by atoms with E-state index < -0.39 is 10.0 Å². The molecule has 0 bridgehead atoms. The number of hydrogen-bond acceptors (Lipinski definition) is 4. The van der Waals surface area contributed by atoms with Gasteiger partial charge in [0.25, 0.3) is 5.91 Å². The summed E-state index contributed by atoms with van der Waals surface area (Å²) in [7, 11) is -3.62. The van der Waals surface area contributed by atoms with Gasteiger partial charge in [-0.3, -0.25) is 9.69 Å². The molecule has 3 rings (SSSR count). The van der Waals surface area contributed by atoms with Gasteiger partial charge in [0.1, 0.15) is 0 Å². The molecular weight excluding hydrogens is 350 g/mol. The lowest BCUT2D eigenvalue weighted by atomic mass is 9.93. The van der Waals surface area contributed by atoms with Crippen LogP contribution in [0.1, 0.15) is 55.8 Å². The van der Waals surface area contributed by atoms with Crippen molar-refractivity contribution in [1.82, 2.24) is 14.9 Å². The monoisotopic (exact) mass is 379 g/mol. The summed E-state index contributed by atoms with van der Waals surface area (Å²) >= 11 is 0. The number of nitrogens with zero attached hydrogens (tertiary/aromatic N) is 1. The number of carbonyl (C=O) groups excluding carboxylic acids is 1. The zero-order chi connectivity index (χ0) is 18.6. The number of carbonyl (C=O) groups is 1. The first-order chi connectivity index (χ1) is 12.5. The van der Waals surface area contributed by atoms with Crippen molar-refractivity contribution in [3.05, 3.63) is 29.8 Å².